The molecule has 1 fully saturated rings. The number of rotatable bonds is 7. The van der Waals surface area contributed by atoms with E-state index in [1.807, 2.05) is 12.1 Å². The topological polar surface area (TPSA) is 138 Å². The Hall–Kier alpha value is -4.08. The monoisotopic (exact) mass is 430 g/mol. The third-order valence-corrected chi connectivity index (χ3v) is 5.55. The fraction of sp³-hybridized carbons (Fsp3) is 0.273. The molecule has 1 amide bonds. The van der Waals surface area contributed by atoms with Crippen LogP contribution in [-0.2, 0) is 11.3 Å². The summed E-state index contributed by atoms with van der Waals surface area (Å²) in [7, 11) is 1.59. The predicted octanol–water partition coefficient (Wildman–Crippen LogP) is 2.26. The summed E-state index contributed by atoms with van der Waals surface area (Å²) in [5.74, 6) is 1.72. The van der Waals surface area contributed by atoms with Gasteiger partial charge in [0.25, 0.3) is 5.89 Å². The molecule has 0 saturated heterocycles. The summed E-state index contributed by atoms with van der Waals surface area (Å²) in [6.07, 6.45) is 9.03. The van der Waals surface area contributed by atoms with Gasteiger partial charge in [-0.15, -0.1) is 0 Å². The van der Waals surface area contributed by atoms with E-state index >= 15 is 0 Å². The number of nitrogen functional groups attached to an aromatic ring is 1. The molecule has 0 bridgehead atoms. The molecule has 0 aliphatic heterocycles. The Morgan fingerprint density at radius 2 is 1.91 bits per heavy atom. The van der Waals surface area contributed by atoms with E-state index in [9.17, 15) is 4.79 Å². The van der Waals surface area contributed by atoms with Gasteiger partial charge in [0.15, 0.2) is 5.82 Å². The molecule has 3 N–H and O–H groups in total. The van der Waals surface area contributed by atoms with Crippen LogP contribution in [0.1, 0.15) is 30.1 Å². The number of carbonyl (C=O) groups is 1. The van der Waals surface area contributed by atoms with Crippen molar-refractivity contribution in [1.82, 2.24) is 35.2 Å². The van der Waals surface area contributed by atoms with Crippen molar-refractivity contribution in [2.24, 2.45) is 5.92 Å². The van der Waals surface area contributed by atoms with E-state index < -0.39 is 0 Å². The molecule has 1 unspecified atom stereocenters. The molecular weight excluding hydrogens is 408 g/mol. The van der Waals surface area contributed by atoms with Gasteiger partial charge in [0.2, 0.25) is 11.9 Å². The van der Waals surface area contributed by atoms with Crippen molar-refractivity contribution < 1.29 is 9.32 Å². The standard InChI is InChI=1S/C22H22N8O2/c1-24-18(31)12-30-11-17(10-27-30)21-28-20(29-32-21)19(15-6-7-15)14-4-2-13(3-5-14)16-8-25-22(23)26-9-16/h2-5,8-11,15,19H,6-7,12H2,1H3,(H,24,31)(H2,23,25,26). The maximum absolute atomic E-state index is 11.6. The average molecular weight is 430 g/mol. The molecule has 3 heterocycles. The molecule has 1 aromatic carbocycles. The van der Waals surface area contributed by atoms with E-state index in [1.165, 1.54) is 4.68 Å². The molecule has 5 rings (SSSR count). The zero-order valence-electron chi connectivity index (χ0n) is 17.5. The van der Waals surface area contributed by atoms with Crippen LogP contribution >= 0.6 is 0 Å². The van der Waals surface area contributed by atoms with Crippen molar-refractivity contribution in [2.45, 2.75) is 25.3 Å². The number of nitrogens with zero attached hydrogens (tertiary/aromatic N) is 6. The highest BCUT2D eigenvalue weighted by Gasteiger charge is 2.36. The van der Waals surface area contributed by atoms with Crippen LogP contribution in [0.5, 0.6) is 0 Å². The molecule has 0 radical (unpaired) electrons. The number of likely N-dealkylation sites (N-methyl/N-ethyl adjacent to an activating group) is 1. The molecule has 1 aliphatic carbocycles. The highest BCUT2D eigenvalue weighted by atomic mass is 16.5. The van der Waals surface area contributed by atoms with Crippen molar-refractivity contribution >= 4 is 11.9 Å². The van der Waals surface area contributed by atoms with E-state index in [1.54, 1.807) is 31.8 Å². The molecule has 4 aromatic rings. The molecule has 1 atom stereocenters. The molecule has 3 aromatic heterocycles. The largest absolute Gasteiger partial charge is 0.368 e. The van der Waals surface area contributed by atoms with E-state index in [4.69, 9.17) is 10.3 Å². The number of nitrogens with one attached hydrogen (secondary N) is 1. The minimum atomic E-state index is -0.131. The summed E-state index contributed by atoms with van der Waals surface area (Å²) < 4.78 is 7.07. The van der Waals surface area contributed by atoms with Crippen molar-refractivity contribution in [3.05, 3.63) is 60.4 Å². The van der Waals surface area contributed by atoms with Crippen LogP contribution in [0.4, 0.5) is 5.95 Å². The summed E-state index contributed by atoms with van der Waals surface area (Å²) in [5, 5.41) is 11.0. The Labute approximate surface area is 183 Å². The fourth-order valence-corrected chi connectivity index (χ4v) is 3.70. The van der Waals surface area contributed by atoms with E-state index in [0.29, 0.717) is 23.2 Å². The molecule has 1 saturated carbocycles. The normalized spacial score (nSPS) is 14.3. The summed E-state index contributed by atoms with van der Waals surface area (Å²) >= 11 is 0. The molecule has 162 valence electrons. The second kappa shape index (κ2) is 8.22. The number of carbonyl (C=O) groups excluding carboxylic acids is 1. The van der Waals surface area contributed by atoms with Gasteiger partial charge in [0.05, 0.1) is 17.7 Å². The van der Waals surface area contributed by atoms with Crippen LogP contribution < -0.4 is 11.1 Å². The smallest absolute Gasteiger partial charge is 0.261 e. The number of aromatic nitrogens is 6. The van der Waals surface area contributed by atoms with Gasteiger partial charge in [-0.1, -0.05) is 29.4 Å². The molecule has 10 heteroatoms. The number of hydrogen-bond donors (Lipinski definition) is 2. The second-order valence-corrected chi connectivity index (χ2v) is 7.82. The molecule has 32 heavy (non-hydrogen) atoms. The lowest BCUT2D eigenvalue weighted by atomic mass is 9.92. The Morgan fingerprint density at radius 3 is 2.59 bits per heavy atom. The maximum atomic E-state index is 11.6. The first-order valence-corrected chi connectivity index (χ1v) is 10.4. The first kappa shape index (κ1) is 19.9. The van der Waals surface area contributed by atoms with Crippen molar-refractivity contribution in [1.29, 1.82) is 0 Å². The van der Waals surface area contributed by atoms with Crippen LogP contribution in [0.3, 0.4) is 0 Å². The van der Waals surface area contributed by atoms with Crippen LogP contribution in [0.2, 0.25) is 0 Å². The van der Waals surface area contributed by atoms with Crippen LogP contribution in [0, 0.1) is 5.92 Å². The minimum absolute atomic E-state index is 0.0603. The zero-order chi connectivity index (χ0) is 22.1. The molecule has 1 aliphatic rings. The van der Waals surface area contributed by atoms with E-state index in [0.717, 1.165) is 29.5 Å². The summed E-state index contributed by atoms with van der Waals surface area (Å²) in [4.78, 5) is 24.3. The number of nitrogens with two attached hydrogens (primary N) is 1. The van der Waals surface area contributed by atoms with Crippen molar-refractivity contribution in [3.63, 3.8) is 0 Å². The third-order valence-electron chi connectivity index (χ3n) is 5.55. The Bertz CT molecular complexity index is 1230. The van der Waals surface area contributed by atoms with Gasteiger partial charge in [0.1, 0.15) is 6.54 Å². The minimum Gasteiger partial charge on any atom is -0.368 e. The molecule has 0 spiro atoms. The quantitative estimate of drug-likeness (QED) is 0.455. The van der Waals surface area contributed by atoms with Gasteiger partial charge < -0.3 is 15.6 Å². The highest BCUT2D eigenvalue weighted by Crippen LogP contribution is 2.46. The lowest BCUT2D eigenvalue weighted by molar-refractivity contribution is -0.121. The maximum Gasteiger partial charge on any atom is 0.261 e. The van der Waals surface area contributed by atoms with Gasteiger partial charge in [-0.25, -0.2) is 9.97 Å². The fourth-order valence-electron chi connectivity index (χ4n) is 3.70. The lowest BCUT2D eigenvalue weighted by Crippen LogP contribution is -2.23. The first-order chi connectivity index (χ1) is 15.6. The van der Waals surface area contributed by atoms with Gasteiger partial charge in [0, 0.05) is 31.2 Å². The summed E-state index contributed by atoms with van der Waals surface area (Å²) in [6, 6.07) is 8.27. The SMILES string of the molecule is CNC(=O)Cn1cc(-c2nc(C(c3ccc(-c4cnc(N)nc4)cc3)C3CC3)no2)cn1. The van der Waals surface area contributed by atoms with Crippen LogP contribution in [0.15, 0.2) is 53.6 Å². The third kappa shape index (κ3) is 4.07. The number of anilines is 1. The zero-order valence-corrected chi connectivity index (χ0v) is 17.5. The van der Waals surface area contributed by atoms with Crippen molar-refractivity contribution in [2.75, 3.05) is 12.8 Å². The first-order valence-electron chi connectivity index (χ1n) is 10.4. The Kier molecular flexibility index (Phi) is 5.10. The van der Waals surface area contributed by atoms with Gasteiger partial charge in [-0.2, -0.15) is 10.1 Å². The van der Waals surface area contributed by atoms with Gasteiger partial charge in [-0.05, 0) is 29.9 Å². The van der Waals surface area contributed by atoms with Gasteiger partial charge in [-0.3, -0.25) is 9.48 Å². The molecule has 10 nitrogen and oxygen atoms in total. The Balaban J connectivity index is 1.38. The average Bonchev–Trinajstić information content (AvgIpc) is 3.33. The highest BCUT2D eigenvalue weighted by molar-refractivity contribution is 5.75. The van der Waals surface area contributed by atoms with Crippen molar-refractivity contribution in [3.8, 4) is 22.6 Å². The van der Waals surface area contributed by atoms with Crippen LogP contribution in [-0.4, -0.2) is 42.8 Å². The number of hydrogen-bond acceptors (Lipinski definition) is 8. The summed E-state index contributed by atoms with van der Waals surface area (Å²) in [5.41, 5.74) is 9.32. The molecular formula is C22H22N8O2. The van der Waals surface area contributed by atoms with E-state index in [-0.39, 0.29) is 24.3 Å². The lowest BCUT2D eigenvalue weighted by Gasteiger charge is -2.13. The van der Waals surface area contributed by atoms with Gasteiger partial charge >= 0.3 is 0 Å². The number of amides is 1. The Morgan fingerprint density at radius 1 is 1.16 bits per heavy atom. The van der Waals surface area contributed by atoms with Crippen LogP contribution in [0.25, 0.3) is 22.6 Å². The predicted molar refractivity (Wildman–Crippen MR) is 116 cm³/mol. The summed E-state index contributed by atoms with van der Waals surface area (Å²) in [6.45, 7) is 0.133. The second-order valence-electron chi connectivity index (χ2n) is 7.82. The number of benzene rings is 1. The van der Waals surface area contributed by atoms with E-state index in [2.05, 4.69) is 42.7 Å².